The van der Waals surface area contributed by atoms with Crippen LogP contribution in [0.1, 0.15) is 0 Å². The summed E-state index contributed by atoms with van der Waals surface area (Å²) in [6.07, 6.45) is 0. The molecule has 0 amide bonds. The van der Waals surface area contributed by atoms with Crippen LogP contribution in [0.4, 0.5) is 17.6 Å². The van der Waals surface area contributed by atoms with Crippen LogP contribution in [0, 0.1) is 23.3 Å². The van der Waals surface area contributed by atoms with Gasteiger partial charge >= 0.3 is 0 Å². The summed E-state index contributed by atoms with van der Waals surface area (Å²) >= 11 is 0. The van der Waals surface area contributed by atoms with Crippen LogP contribution < -0.4 is 0 Å². The van der Waals surface area contributed by atoms with Crippen molar-refractivity contribution in [3.8, 4) is 11.1 Å². The molecule has 0 radical (unpaired) electrons. The second kappa shape index (κ2) is 3.96. The highest BCUT2D eigenvalue weighted by molar-refractivity contribution is 5.64. The molecule has 0 aromatic heterocycles. The fraction of sp³-hybridized carbons (Fsp3) is 0. The first-order valence-corrected chi connectivity index (χ1v) is 4.48. The van der Waals surface area contributed by atoms with E-state index < -0.39 is 28.8 Å². The molecule has 0 aliphatic carbocycles. The van der Waals surface area contributed by atoms with Crippen LogP contribution in [0.5, 0.6) is 0 Å². The van der Waals surface area contributed by atoms with E-state index in [4.69, 9.17) is 0 Å². The molecule has 0 saturated heterocycles. The van der Waals surface area contributed by atoms with Crippen molar-refractivity contribution >= 4 is 0 Å². The summed E-state index contributed by atoms with van der Waals surface area (Å²) in [5.41, 5.74) is -0.393. The molecule has 0 N–H and O–H groups in total. The van der Waals surface area contributed by atoms with Gasteiger partial charge in [0, 0.05) is 12.1 Å². The van der Waals surface area contributed by atoms with Gasteiger partial charge in [-0.3, -0.25) is 0 Å². The van der Waals surface area contributed by atoms with E-state index in [1.165, 1.54) is 12.1 Å². The molecule has 2 aromatic rings. The Kier molecular flexibility index (Phi) is 2.64. The minimum atomic E-state index is -1.05. The molecule has 0 aliphatic rings. The third-order valence-corrected chi connectivity index (χ3v) is 2.12. The summed E-state index contributed by atoms with van der Waals surface area (Å²) in [6, 6.07) is 5.93. The van der Waals surface area contributed by atoms with Crippen LogP contribution in [0.25, 0.3) is 11.1 Å². The molecule has 0 heterocycles. The summed E-state index contributed by atoms with van der Waals surface area (Å²) < 4.78 is 52.2. The second-order valence-corrected chi connectivity index (χ2v) is 3.25. The SMILES string of the molecule is Fc1cccc(-c2c(F)cc(F)cc2F)c1. The van der Waals surface area contributed by atoms with E-state index in [0.29, 0.717) is 12.1 Å². The van der Waals surface area contributed by atoms with E-state index in [9.17, 15) is 17.6 Å². The Labute approximate surface area is 89.2 Å². The van der Waals surface area contributed by atoms with Crippen LogP contribution >= 0.6 is 0 Å². The maximum Gasteiger partial charge on any atom is 0.136 e. The van der Waals surface area contributed by atoms with Crippen molar-refractivity contribution in [2.24, 2.45) is 0 Å². The fourth-order valence-electron chi connectivity index (χ4n) is 1.46. The van der Waals surface area contributed by atoms with Crippen LogP contribution in [-0.4, -0.2) is 0 Å². The van der Waals surface area contributed by atoms with Crippen LogP contribution in [0.2, 0.25) is 0 Å². The topological polar surface area (TPSA) is 0 Å². The summed E-state index contributed by atoms with van der Waals surface area (Å²) in [6.45, 7) is 0. The highest BCUT2D eigenvalue weighted by Gasteiger charge is 2.13. The van der Waals surface area contributed by atoms with Crippen molar-refractivity contribution in [2.45, 2.75) is 0 Å². The lowest BCUT2D eigenvalue weighted by molar-refractivity contribution is 0.548. The predicted octanol–water partition coefficient (Wildman–Crippen LogP) is 3.91. The van der Waals surface area contributed by atoms with Gasteiger partial charge in [-0.1, -0.05) is 12.1 Å². The third kappa shape index (κ3) is 1.91. The number of halogens is 4. The van der Waals surface area contributed by atoms with Gasteiger partial charge in [0.15, 0.2) is 0 Å². The molecule has 2 aromatic carbocycles. The normalized spacial score (nSPS) is 10.5. The van der Waals surface area contributed by atoms with Crippen molar-refractivity contribution in [3.05, 3.63) is 59.7 Å². The minimum Gasteiger partial charge on any atom is -0.207 e. The lowest BCUT2D eigenvalue weighted by Crippen LogP contribution is -1.92. The third-order valence-electron chi connectivity index (χ3n) is 2.12. The second-order valence-electron chi connectivity index (χ2n) is 3.25. The molecule has 2 rings (SSSR count). The molecule has 0 aliphatic heterocycles. The average molecular weight is 226 g/mol. The van der Waals surface area contributed by atoms with Crippen LogP contribution in [0.3, 0.4) is 0 Å². The maximum absolute atomic E-state index is 13.3. The first-order valence-electron chi connectivity index (χ1n) is 4.48. The number of hydrogen-bond donors (Lipinski definition) is 0. The number of rotatable bonds is 1. The smallest absolute Gasteiger partial charge is 0.136 e. The van der Waals surface area contributed by atoms with Gasteiger partial charge in [-0.15, -0.1) is 0 Å². The van der Waals surface area contributed by atoms with Crippen molar-refractivity contribution in [3.63, 3.8) is 0 Å². The molecule has 0 unspecified atom stereocenters. The van der Waals surface area contributed by atoms with Gasteiger partial charge in [0.25, 0.3) is 0 Å². The fourth-order valence-corrected chi connectivity index (χ4v) is 1.46. The summed E-state index contributed by atoms with van der Waals surface area (Å²) in [7, 11) is 0. The van der Waals surface area contributed by atoms with E-state index >= 15 is 0 Å². The van der Waals surface area contributed by atoms with Gasteiger partial charge in [0.05, 0.1) is 5.56 Å². The molecular weight excluding hydrogens is 220 g/mol. The Balaban J connectivity index is 2.64. The molecule has 0 atom stereocenters. The van der Waals surface area contributed by atoms with E-state index in [0.717, 1.165) is 12.1 Å². The number of benzene rings is 2. The zero-order valence-electron chi connectivity index (χ0n) is 7.98. The molecule has 0 fully saturated rings. The Hall–Kier alpha value is -1.84. The highest BCUT2D eigenvalue weighted by Crippen LogP contribution is 2.27. The van der Waals surface area contributed by atoms with Gasteiger partial charge < -0.3 is 0 Å². The molecule has 82 valence electrons. The molecule has 0 saturated carbocycles. The van der Waals surface area contributed by atoms with Crippen LogP contribution in [-0.2, 0) is 0 Å². The first kappa shape index (κ1) is 10.7. The predicted molar refractivity (Wildman–Crippen MR) is 51.7 cm³/mol. The maximum atomic E-state index is 13.3. The van der Waals surface area contributed by atoms with Crippen molar-refractivity contribution in [1.29, 1.82) is 0 Å². The minimum absolute atomic E-state index is 0.0370. The monoisotopic (exact) mass is 226 g/mol. The largest absolute Gasteiger partial charge is 0.207 e. The van der Waals surface area contributed by atoms with Gasteiger partial charge in [0.1, 0.15) is 23.3 Å². The summed E-state index contributed by atoms with van der Waals surface area (Å²) in [4.78, 5) is 0. The highest BCUT2D eigenvalue weighted by atomic mass is 19.1. The molecule has 0 spiro atoms. The quantitative estimate of drug-likeness (QED) is 0.646. The van der Waals surface area contributed by atoms with E-state index in [2.05, 4.69) is 0 Å². The van der Waals surface area contributed by atoms with Crippen LogP contribution in [0.15, 0.2) is 36.4 Å². The Bertz CT molecular complexity index is 511. The zero-order valence-corrected chi connectivity index (χ0v) is 7.98. The molecule has 0 bridgehead atoms. The summed E-state index contributed by atoms with van der Waals surface area (Å²) in [5, 5.41) is 0. The van der Waals surface area contributed by atoms with E-state index in [1.54, 1.807) is 0 Å². The average Bonchev–Trinajstić information content (AvgIpc) is 2.15. The Morgan fingerprint density at radius 1 is 0.688 bits per heavy atom. The van der Waals surface area contributed by atoms with Crippen molar-refractivity contribution in [2.75, 3.05) is 0 Å². The molecule has 16 heavy (non-hydrogen) atoms. The standard InChI is InChI=1S/C12H6F4/c13-8-3-1-2-7(4-8)12-10(15)5-9(14)6-11(12)16/h1-6H. The number of hydrogen-bond acceptors (Lipinski definition) is 0. The van der Waals surface area contributed by atoms with E-state index in [1.807, 2.05) is 0 Å². The van der Waals surface area contributed by atoms with Gasteiger partial charge in [-0.05, 0) is 17.7 Å². The Morgan fingerprint density at radius 2 is 1.31 bits per heavy atom. The first-order chi connectivity index (χ1) is 7.58. The molecule has 4 heteroatoms. The molecule has 0 nitrogen and oxygen atoms in total. The van der Waals surface area contributed by atoms with Crippen molar-refractivity contribution < 1.29 is 17.6 Å². The zero-order chi connectivity index (χ0) is 11.7. The van der Waals surface area contributed by atoms with Gasteiger partial charge in [0.2, 0.25) is 0 Å². The summed E-state index contributed by atoms with van der Waals surface area (Å²) in [5.74, 6) is -3.72. The van der Waals surface area contributed by atoms with Crippen molar-refractivity contribution in [1.82, 2.24) is 0 Å². The molecular formula is C12H6F4. The van der Waals surface area contributed by atoms with Gasteiger partial charge in [-0.25, -0.2) is 17.6 Å². The van der Waals surface area contributed by atoms with Gasteiger partial charge in [-0.2, -0.15) is 0 Å². The Morgan fingerprint density at radius 3 is 1.88 bits per heavy atom. The lowest BCUT2D eigenvalue weighted by Gasteiger charge is -2.05. The lowest BCUT2D eigenvalue weighted by atomic mass is 10.0. The van der Waals surface area contributed by atoms with E-state index in [-0.39, 0.29) is 5.56 Å².